The zero-order chi connectivity index (χ0) is 15.5. The normalized spacial score (nSPS) is 12.5. The fourth-order valence-corrected chi connectivity index (χ4v) is 3.00. The highest BCUT2D eigenvalue weighted by molar-refractivity contribution is 7.99. The van der Waals surface area contributed by atoms with E-state index in [0.29, 0.717) is 22.4 Å². The zero-order valence-electron chi connectivity index (χ0n) is 11.8. The molecule has 22 heavy (non-hydrogen) atoms. The summed E-state index contributed by atoms with van der Waals surface area (Å²) >= 11 is 7.28. The van der Waals surface area contributed by atoms with Crippen molar-refractivity contribution in [3.63, 3.8) is 0 Å². The minimum Gasteiger partial charge on any atom is -0.461 e. The van der Waals surface area contributed by atoms with E-state index in [4.69, 9.17) is 16.0 Å². The lowest BCUT2D eigenvalue weighted by Gasteiger charge is -2.10. The predicted octanol–water partition coefficient (Wildman–Crippen LogP) is 3.55. The second-order valence-electron chi connectivity index (χ2n) is 4.72. The Morgan fingerprint density at radius 2 is 2.05 bits per heavy atom. The first-order chi connectivity index (χ1) is 10.6. The van der Waals surface area contributed by atoms with Crippen molar-refractivity contribution >= 4 is 23.4 Å². The topological polar surface area (TPSA) is 64.1 Å². The summed E-state index contributed by atoms with van der Waals surface area (Å²) in [5.41, 5.74) is 0.824. The molecule has 0 aliphatic carbocycles. The second-order valence-corrected chi connectivity index (χ2v) is 6.14. The van der Waals surface area contributed by atoms with Crippen molar-refractivity contribution in [3.05, 3.63) is 53.2 Å². The Hall–Kier alpha value is -1.76. The van der Waals surface area contributed by atoms with Crippen LogP contribution >= 0.6 is 23.4 Å². The van der Waals surface area contributed by atoms with Crippen molar-refractivity contribution in [1.82, 2.24) is 14.8 Å². The van der Waals surface area contributed by atoms with Crippen LogP contribution in [0.5, 0.6) is 0 Å². The molecule has 0 saturated heterocycles. The van der Waals surface area contributed by atoms with Gasteiger partial charge in [-0.05, 0) is 29.8 Å². The highest BCUT2D eigenvalue weighted by Gasteiger charge is 2.15. The van der Waals surface area contributed by atoms with Gasteiger partial charge in [0.15, 0.2) is 16.7 Å². The first-order valence-corrected chi connectivity index (χ1v) is 8.01. The molecular formula is C15H14ClN3O2S. The van der Waals surface area contributed by atoms with Gasteiger partial charge in [0, 0.05) is 17.8 Å². The van der Waals surface area contributed by atoms with Crippen LogP contribution in [0.4, 0.5) is 0 Å². The van der Waals surface area contributed by atoms with Crippen molar-refractivity contribution in [1.29, 1.82) is 0 Å². The SMILES string of the molecule is Cn1c(SCC(O)c2ccc(Cl)cc2)nnc1-c1ccco1. The van der Waals surface area contributed by atoms with Gasteiger partial charge in [-0.25, -0.2) is 0 Å². The van der Waals surface area contributed by atoms with Gasteiger partial charge in [-0.15, -0.1) is 10.2 Å². The fraction of sp³-hybridized carbons (Fsp3) is 0.200. The van der Waals surface area contributed by atoms with E-state index in [-0.39, 0.29) is 0 Å². The molecule has 0 saturated carbocycles. The quantitative estimate of drug-likeness (QED) is 0.722. The van der Waals surface area contributed by atoms with E-state index in [9.17, 15) is 5.11 Å². The van der Waals surface area contributed by atoms with Crippen LogP contribution < -0.4 is 0 Å². The minimum atomic E-state index is -0.592. The van der Waals surface area contributed by atoms with Crippen molar-refractivity contribution in [2.75, 3.05) is 5.75 Å². The van der Waals surface area contributed by atoms with Crippen LogP contribution in [-0.2, 0) is 7.05 Å². The van der Waals surface area contributed by atoms with Gasteiger partial charge >= 0.3 is 0 Å². The van der Waals surface area contributed by atoms with Gasteiger partial charge in [0.05, 0.1) is 12.4 Å². The molecule has 0 aliphatic heterocycles. The van der Waals surface area contributed by atoms with E-state index >= 15 is 0 Å². The van der Waals surface area contributed by atoms with Crippen LogP contribution in [0.15, 0.2) is 52.2 Å². The summed E-state index contributed by atoms with van der Waals surface area (Å²) in [6.45, 7) is 0. The van der Waals surface area contributed by atoms with E-state index in [0.717, 1.165) is 10.7 Å². The number of hydrogen-bond acceptors (Lipinski definition) is 5. The molecule has 0 radical (unpaired) electrons. The fourth-order valence-electron chi connectivity index (χ4n) is 2.00. The first kappa shape index (κ1) is 15.1. The van der Waals surface area contributed by atoms with Crippen LogP contribution in [0, 0.1) is 0 Å². The molecule has 7 heteroatoms. The lowest BCUT2D eigenvalue weighted by molar-refractivity contribution is 0.204. The Morgan fingerprint density at radius 1 is 1.27 bits per heavy atom. The van der Waals surface area contributed by atoms with Crippen molar-refractivity contribution in [3.8, 4) is 11.6 Å². The molecule has 3 rings (SSSR count). The number of rotatable bonds is 5. The first-order valence-electron chi connectivity index (χ1n) is 6.65. The average molecular weight is 336 g/mol. The van der Waals surface area contributed by atoms with Gasteiger partial charge < -0.3 is 14.1 Å². The predicted molar refractivity (Wildman–Crippen MR) is 85.8 cm³/mol. The number of halogens is 1. The van der Waals surface area contributed by atoms with E-state index in [1.165, 1.54) is 11.8 Å². The van der Waals surface area contributed by atoms with E-state index in [2.05, 4.69) is 10.2 Å². The number of aliphatic hydroxyl groups excluding tert-OH is 1. The molecule has 1 N–H and O–H groups in total. The average Bonchev–Trinajstić information content (AvgIpc) is 3.15. The van der Waals surface area contributed by atoms with Gasteiger partial charge in [0.25, 0.3) is 0 Å². The summed E-state index contributed by atoms with van der Waals surface area (Å²) in [6, 6.07) is 10.8. The van der Waals surface area contributed by atoms with Crippen molar-refractivity contribution in [2.45, 2.75) is 11.3 Å². The smallest absolute Gasteiger partial charge is 0.200 e. The number of aromatic nitrogens is 3. The van der Waals surface area contributed by atoms with Gasteiger partial charge in [-0.1, -0.05) is 35.5 Å². The third-order valence-electron chi connectivity index (χ3n) is 3.20. The summed E-state index contributed by atoms with van der Waals surface area (Å²) in [5, 5.41) is 19.8. The molecular weight excluding hydrogens is 322 g/mol. The van der Waals surface area contributed by atoms with Gasteiger partial charge in [-0.2, -0.15) is 0 Å². The molecule has 0 aliphatic rings. The molecule has 3 aromatic rings. The Kier molecular flexibility index (Phi) is 4.52. The highest BCUT2D eigenvalue weighted by atomic mass is 35.5. The maximum absolute atomic E-state index is 10.2. The number of hydrogen-bond donors (Lipinski definition) is 1. The van der Waals surface area contributed by atoms with Crippen LogP contribution in [0.2, 0.25) is 5.02 Å². The molecule has 0 amide bonds. The van der Waals surface area contributed by atoms with E-state index < -0.39 is 6.10 Å². The molecule has 0 bridgehead atoms. The van der Waals surface area contributed by atoms with Gasteiger partial charge in [0.1, 0.15) is 0 Å². The standard InChI is InChI=1S/C15H14ClN3O2S/c1-19-14(13-3-2-8-21-13)17-18-15(19)22-9-12(20)10-4-6-11(16)7-5-10/h2-8,12,20H,9H2,1H3. The zero-order valence-corrected chi connectivity index (χ0v) is 13.4. The molecule has 2 aromatic heterocycles. The Labute approximate surface area is 136 Å². The molecule has 2 heterocycles. The third kappa shape index (κ3) is 3.19. The summed E-state index contributed by atoms with van der Waals surface area (Å²) in [7, 11) is 1.87. The number of aliphatic hydroxyl groups is 1. The van der Waals surface area contributed by atoms with Crippen LogP contribution in [-0.4, -0.2) is 25.6 Å². The van der Waals surface area contributed by atoms with E-state index in [1.54, 1.807) is 24.5 Å². The van der Waals surface area contributed by atoms with Gasteiger partial charge in [-0.3, -0.25) is 0 Å². The third-order valence-corrected chi connectivity index (χ3v) is 4.55. The number of benzene rings is 1. The minimum absolute atomic E-state index is 0.478. The Bertz CT molecular complexity index is 741. The maximum Gasteiger partial charge on any atom is 0.200 e. The summed E-state index contributed by atoms with van der Waals surface area (Å²) in [4.78, 5) is 0. The lowest BCUT2D eigenvalue weighted by Crippen LogP contribution is -2.02. The summed E-state index contributed by atoms with van der Waals surface area (Å²) in [6.07, 6.45) is 1.01. The number of thioether (sulfide) groups is 1. The summed E-state index contributed by atoms with van der Waals surface area (Å²) < 4.78 is 7.17. The monoisotopic (exact) mass is 335 g/mol. The maximum atomic E-state index is 10.2. The molecule has 5 nitrogen and oxygen atoms in total. The number of furan rings is 1. The molecule has 1 atom stereocenters. The van der Waals surface area contributed by atoms with E-state index in [1.807, 2.05) is 29.8 Å². The number of nitrogens with zero attached hydrogens (tertiary/aromatic N) is 3. The molecule has 0 fully saturated rings. The van der Waals surface area contributed by atoms with Crippen LogP contribution in [0.25, 0.3) is 11.6 Å². The van der Waals surface area contributed by atoms with Crippen LogP contribution in [0.3, 0.4) is 0 Å². The van der Waals surface area contributed by atoms with Crippen LogP contribution in [0.1, 0.15) is 11.7 Å². The second kappa shape index (κ2) is 6.56. The molecule has 114 valence electrons. The Morgan fingerprint density at radius 3 is 2.73 bits per heavy atom. The molecule has 1 aromatic carbocycles. The largest absolute Gasteiger partial charge is 0.461 e. The Balaban J connectivity index is 1.68. The lowest BCUT2D eigenvalue weighted by atomic mass is 10.1. The highest BCUT2D eigenvalue weighted by Crippen LogP contribution is 2.27. The van der Waals surface area contributed by atoms with Crippen molar-refractivity contribution < 1.29 is 9.52 Å². The van der Waals surface area contributed by atoms with Gasteiger partial charge in [0.2, 0.25) is 0 Å². The summed E-state index contributed by atoms with van der Waals surface area (Å²) in [5.74, 6) is 1.81. The van der Waals surface area contributed by atoms with Crippen molar-refractivity contribution in [2.24, 2.45) is 7.05 Å². The molecule has 1 unspecified atom stereocenters. The molecule has 0 spiro atoms.